The lowest BCUT2D eigenvalue weighted by Gasteiger charge is -2.41. The molecule has 1 saturated carbocycles. The van der Waals surface area contributed by atoms with Crippen molar-refractivity contribution in [2.75, 3.05) is 13.1 Å². The fourth-order valence-corrected chi connectivity index (χ4v) is 3.37. The summed E-state index contributed by atoms with van der Waals surface area (Å²) in [6.45, 7) is 8.93. The van der Waals surface area contributed by atoms with Gasteiger partial charge in [0.2, 0.25) is 0 Å². The summed E-state index contributed by atoms with van der Waals surface area (Å²) in [7, 11) is 0. The van der Waals surface area contributed by atoms with Crippen molar-refractivity contribution in [2.45, 2.75) is 58.9 Å². The number of carbonyl (C=O) groups is 1. The normalized spacial score (nSPS) is 35.6. The van der Waals surface area contributed by atoms with E-state index in [0.29, 0.717) is 17.2 Å². The molecule has 2 heteroatoms. The molecule has 0 bridgehead atoms. The van der Waals surface area contributed by atoms with Gasteiger partial charge in [-0.05, 0) is 25.2 Å². The number of ketones is 1. The summed E-state index contributed by atoms with van der Waals surface area (Å²) in [6, 6.07) is 0.443. The lowest BCUT2D eigenvalue weighted by Crippen LogP contribution is -2.50. The molecule has 1 saturated heterocycles. The van der Waals surface area contributed by atoms with Gasteiger partial charge in [0.15, 0.2) is 0 Å². The van der Waals surface area contributed by atoms with Crippen LogP contribution in [0.25, 0.3) is 0 Å². The third kappa shape index (κ3) is 2.32. The van der Waals surface area contributed by atoms with Crippen molar-refractivity contribution in [3.8, 4) is 0 Å². The molecule has 2 aliphatic rings. The summed E-state index contributed by atoms with van der Waals surface area (Å²) in [5.41, 5.74) is 0.522. The molecule has 2 rings (SSSR count). The average Bonchev–Trinajstić information content (AvgIpc) is 2.67. The Bertz CT molecular complexity index is 268. The number of nitrogens with zero attached hydrogens (tertiary/aromatic N) is 1. The van der Waals surface area contributed by atoms with Gasteiger partial charge in [0.1, 0.15) is 5.78 Å². The van der Waals surface area contributed by atoms with Crippen LogP contribution >= 0.6 is 0 Å². The highest BCUT2D eigenvalue weighted by atomic mass is 16.1. The third-order valence-corrected chi connectivity index (χ3v) is 4.85. The highest BCUT2D eigenvalue weighted by molar-refractivity contribution is 5.82. The first-order chi connectivity index (χ1) is 7.52. The highest BCUT2D eigenvalue weighted by Crippen LogP contribution is 2.39. The van der Waals surface area contributed by atoms with Crippen molar-refractivity contribution in [1.29, 1.82) is 0 Å². The van der Waals surface area contributed by atoms with Gasteiger partial charge in [0, 0.05) is 31.5 Å². The molecule has 92 valence electrons. The fraction of sp³-hybridized carbons (Fsp3) is 0.929. The predicted octanol–water partition coefficient (Wildman–Crippen LogP) is 2.87. The van der Waals surface area contributed by atoms with E-state index in [1.807, 2.05) is 0 Å². The molecule has 0 aromatic rings. The van der Waals surface area contributed by atoms with E-state index in [-0.39, 0.29) is 5.92 Å². The molecule has 16 heavy (non-hydrogen) atoms. The Labute approximate surface area is 99.4 Å². The molecule has 2 fully saturated rings. The van der Waals surface area contributed by atoms with E-state index in [1.54, 1.807) is 0 Å². The van der Waals surface area contributed by atoms with Crippen molar-refractivity contribution in [2.24, 2.45) is 11.3 Å². The number of rotatable bonds is 2. The van der Waals surface area contributed by atoms with Gasteiger partial charge in [-0.1, -0.05) is 26.7 Å². The first kappa shape index (κ1) is 12.1. The van der Waals surface area contributed by atoms with E-state index in [9.17, 15) is 4.79 Å². The van der Waals surface area contributed by atoms with Crippen molar-refractivity contribution in [3.63, 3.8) is 0 Å². The second-order valence-corrected chi connectivity index (χ2v) is 6.23. The van der Waals surface area contributed by atoms with Crippen LogP contribution in [0.15, 0.2) is 0 Å². The molecule has 2 nitrogen and oxygen atoms in total. The van der Waals surface area contributed by atoms with Crippen LogP contribution in [0.4, 0.5) is 0 Å². The smallest absolute Gasteiger partial charge is 0.138 e. The maximum Gasteiger partial charge on any atom is 0.138 e. The van der Waals surface area contributed by atoms with E-state index < -0.39 is 0 Å². The molecule has 1 aliphatic heterocycles. The van der Waals surface area contributed by atoms with E-state index in [1.165, 1.54) is 32.2 Å². The van der Waals surface area contributed by atoms with Gasteiger partial charge in [-0.25, -0.2) is 0 Å². The number of carbonyl (C=O) groups excluding carboxylic acids is 1. The third-order valence-electron chi connectivity index (χ3n) is 4.85. The van der Waals surface area contributed by atoms with Gasteiger partial charge in [0.05, 0.1) is 0 Å². The molecule has 0 spiro atoms. The van der Waals surface area contributed by atoms with Crippen LogP contribution in [-0.4, -0.2) is 29.8 Å². The summed E-state index contributed by atoms with van der Waals surface area (Å²) >= 11 is 0. The molecule has 0 aromatic carbocycles. The van der Waals surface area contributed by atoms with Crippen LogP contribution in [0.3, 0.4) is 0 Å². The molecule has 0 N–H and O–H groups in total. The summed E-state index contributed by atoms with van der Waals surface area (Å²) < 4.78 is 0. The summed E-state index contributed by atoms with van der Waals surface area (Å²) in [4.78, 5) is 14.2. The molecular formula is C14H25NO. The van der Waals surface area contributed by atoms with E-state index >= 15 is 0 Å². The second kappa shape index (κ2) is 4.48. The number of hydrogen-bond donors (Lipinski definition) is 0. The Morgan fingerprint density at radius 1 is 1.31 bits per heavy atom. The fourth-order valence-electron chi connectivity index (χ4n) is 3.37. The van der Waals surface area contributed by atoms with Gasteiger partial charge < -0.3 is 0 Å². The molecule has 0 amide bonds. The zero-order valence-electron chi connectivity index (χ0n) is 11.0. The summed E-state index contributed by atoms with van der Waals surface area (Å²) in [5.74, 6) is 0.694. The minimum absolute atomic E-state index is 0.235. The quantitative estimate of drug-likeness (QED) is 0.717. The van der Waals surface area contributed by atoms with Crippen molar-refractivity contribution < 1.29 is 4.79 Å². The molecule has 0 aromatic heterocycles. The number of hydrogen-bond acceptors (Lipinski definition) is 2. The number of piperidine rings is 1. The maximum atomic E-state index is 11.6. The van der Waals surface area contributed by atoms with Crippen LogP contribution in [0.5, 0.6) is 0 Å². The number of likely N-dealkylation sites (tertiary alicyclic amines) is 1. The van der Waals surface area contributed by atoms with Crippen LogP contribution in [0.2, 0.25) is 0 Å². The van der Waals surface area contributed by atoms with Crippen molar-refractivity contribution in [3.05, 3.63) is 0 Å². The monoisotopic (exact) mass is 223 g/mol. The molecule has 2 unspecified atom stereocenters. The first-order valence-corrected chi connectivity index (χ1v) is 6.79. The zero-order valence-corrected chi connectivity index (χ0v) is 11.0. The van der Waals surface area contributed by atoms with Crippen LogP contribution in [-0.2, 0) is 4.79 Å². The van der Waals surface area contributed by atoms with Gasteiger partial charge in [-0.15, -0.1) is 0 Å². The van der Waals surface area contributed by atoms with Gasteiger partial charge in [-0.2, -0.15) is 0 Å². The molecule has 1 aliphatic carbocycles. The Hall–Kier alpha value is -0.370. The van der Waals surface area contributed by atoms with Crippen molar-refractivity contribution >= 4 is 5.78 Å². The first-order valence-electron chi connectivity index (χ1n) is 6.79. The van der Waals surface area contributed by atoms with E-state index in [2.05, 4.69) is 25.7 Å². The van der Waals surface area contributed by atoms with Gasteiger partial charge >= 0.3 is 0 Å². The van der Waals surface area contributed by atoms with Crippen molar-refractivity contribution in [1.82, 2.24) is 4.90 Å². The number of Topliss-reactive ketones (excluding diaryl/α,β-unsaturated/α-hetero) is 1. The lowest BCUT2D eigenvalue weighted by molar-refractivity contribution is -0.128. The average molecular weight is 223 g/mol. The minimum Gasteiger partial charge on any atom is -0.299 e. The van der Waals surface area contributed by atoms with Crippen LogP contribution in [0.1, 0.15) is 52.9 Å². The highest BCUT2D eigenvalue weighted by Gasteiger charge is 2.36. The largest absolute Gasteiger partial charge is 0.299 e. The maximum absolute atomic E-state index is 11.6. The summed E-state index contributed by atoms with van der Waals surface area (Å²) in [5, 5.41) is 0. The molecule has 0 radical (unpaired) electrons. The van der Waals surface area contributed by atoms with E-state index in [4.69, 9.17) is 0 Å². The van der Waals surface area contributed by atoms with Gasteiger partial charge in [0.25, 0.3) is 0 Å². The molecule has 1 heterocycles. The topological polar surface area (TPSA) is 20.3 Å². The van der Waals surface area contributed by atoms with Gasteiger partial charge in [-0.3, -0.25) is 9.69 Å². The standard InChI is InChI=1S/C14H25NO/c1-11-12(2)15(9-6-13(11)16)10-14(3)7-4-5-8-14/h11-12H,4-10H2,1-3H3. The summed E-state index contributed by atoms with van der Waals surface area (Å²) in [6.07, 6.45) is 6.30. The zero-order chi connectivity index (χ0) is 11.8. The van der Waals surface area contributed by atoms with Crippen LogP contribution in [0, 0.1) is 11.3 Å². The molecular weight excluding hydrogens is 198 g/mol. The predicted molar refractivity (Wildman–Crippen MR) is 66.4 cm³/mol. The minimum atomic E-state index is 0.235. The Balaban J connectivity index is 1.97. The Morgan fingerprint density at radius 3 is 2.56 bits per heavy atom. The molecule has 2 atom stereocenters. The second-order valence-electron chi connectivity index (χ2n) is 6.23. The Kier molecular flexibility index (Phi) is 3.39. The van der Waals surface area contributed by atoms with E-state index in [0.717, 1.165) is 13.0 Å². The Morgan fingerprint density at radius 2 is 1.94 bits per heavy atom. The van der Waals surface area contributed by atoms with Crippen LogP contribution < -0.4 is 0 Å². The lowest BCUT2D eigenvalue weighted by atomic mass is 9.84. The SMILES string of the molecule is CC1C(=O)CCN(CC2(C)CCCC2)C1C.